The van der Waals surface area contributed by atoms with Crippen molar-refractivity contribution >= 4 is 11.8 Å². The van der Waals surface area contributed by atoms with Crippen LogP contribution in [0.2, 0.25) is 0 Å². The molecule has 0 amide bonds. The largest absolute Gasteiger partial charge is 0.310 e. The molecule has 1 aromatic carbocycles. The van der Waals surface area contributed by atoms with Crippen LogP contribution in [-0.2, 0) is 6.54 Å². The molecular formula is C16H20FN3S. The first kappa shape index (κ1) is 15.9. The summed E-state index contributed by atoms with van der Waals surface area (Å²) < 4.78 is 14.2. The first-order valence-corrected chi connectivity index (χ1v) is 7.78. The molecule has 0 radical (unpaired) electrons. The van der Waals surface area contributed by atoms with Crippen LogP contribution in [0.15, 0.2) is 34.3 Å². The lowest BCUT2D eigenvalue weighted by molar-refractivity contribution is 0.564. The van der Waals surface area contributed by atoms with Crippen molar-refractivity contribution in [3.8, 4) is 0 Å². The summed E-state index contributed by atoms with van der Waals surface area (Å²) >= 11 is 1.28. The van der Waals surface area contributed by atoms with Gasteiger partial charge in [0.2, 0.25) is 0 Å². The van der Waals surface area contributed by atoms with Crippen LogP contribution in [0.25, 0.3) is 0 Å². The van der Waals surface area contributed by atoms with E-state index in [0.29, 0.717) is 22.6 Å². The van der Waals surface area contributed by atoms with E-state index < -0.39 is 0 Å². The van der Waals surface area contributed by atoms with E-state index in [1.807, 2.05) is 26.0 Å². The highest BCUT2D eigenvalue weighted by molar-refractivity contribution is 7.99. The third-order valence-electron chi connectivity index (χ3n) is 2.90. The Hall–Kier alpha value is -1.46. The molecule has 0 unspecified atom stereocenters. The van der Waals surface area contributed by atoms with Crippen LogP contribution < -0.4 is 5.32 Å². The van der Waals surface area contributed by atoms with E-state index in [0.717, 1.165) is 17.0 Å². The molecule has 0 aliphatic carbocycles. The predicted octanol–water partition coefficient (Wildman–Crippen LogP) is 3.88. The Morgan fingerprint density at radius 3 is 2.48 bits per heavy atom. The first-order chi connectivity index (χ1) is 9.95. The highest BCUT2D eigenvalue weighted by atomic mass is 32.2. The van der Waals surface area contributed by atoms with E-state index >= 15 is 0 Å². The van der Waals surface area contributed by atoms with Gasteiger partial charge in [-0.3, -0.25) is 0 Å². The molecule has 0 fully saturated rings. The number of benzene rings is 1. The fourth-order valence-electron chi connectivity index (χ4n) is 1.95. The highest BCUT2D eigenvalue weighted by Gasteiger charge is 2.12. The molecule has 0 spiro atoms. The third-order valence-corrected chi connectivity index (χ3v) is 3.93. The minimum absolute atomic E-state index is 0.231. The van der Waals surface area contributed by atoms with Gasteiger partial charge in [0.05, 0.1) is 4.90 Å². The minimum atomic E-state index is -0.231. The van der Waals surface area contributed by atoms with Gasteiger partial charge in [-0.15, -0.1) is 0 Å². The molecule has 2 aromatic rings. The predicted molar refractivity (Wildman–Crippen MR) is 84.0 cm³/mol. The van der Waals surface area contributed by atoms with Crippen molar-refractivity contribution in [3.63, 3.8) is 0 Å². The Bertz CT molecular complexity index is 609. The van der Waals surface area contributed by atoms with Crippen LogP contribution in [0.5, 0.6) is 0 Å². The Balaban J connectivity index is 2.29. The summed E-state index contributed by atoms with van der Waals surface area (Å²) in [5.74, 6) is -0.231. The van der Waals surface area contributed by atoms with Crippen molar-refractivity contribution in [2.75, 3.05) is 0 Å². The SMILES string of the molecule is Cc1cc(C)nc(Sc2c(F)cccc2CNC(C)C)n1. The fraction of sp³-hybridized carbons (Fsp3) is 0.375. The third kappa shape index (κ3) is 4.51. The second-order valence-corrected chi connectivity index (χ2v) is 6.28. The van der Waals surface area contributed by atoms with Crippen molar-refractivity contribution in [1.29, 1.82) is 0 Å². The summed E-state index contributed by atoms with van der Waals surface area (Å²) in [4.78, 5) is 9.34. The van der Waals surface area contributed by atoms with Gasteiger partial charge in [0.1, 0.15) is 5.82 Å². The van der Waals surface area contributed by atoms with Crippen LogP contribution in [0, 0.1) is 19.7 Å². The molecule has 0 saturated carbocycles. The van der Waals surface area contributed by atoms with Crippen molar-refractivity contribution < 1.29 is 4.39 Å². The number of nitrogens with one attached hydrogen (secondary N) is 1. The number of aryl methyl sites for hydroxylation is 2. The Labute approximate surface area is 129 Å². The van der Waals surface area contributed by atoms with Gasteiger partial charge in [0.25, 0.3) is 0 Å². The number of hydrogen-bond donors (Lipinski definition) is 1. The van der Waals surface area contributed by atoms with Gasteiger partial charge >= 0.3 is 0 Å². The Kier molecular flexibility index (Phi) is 5.31. The zero-order valence-electron chi connectivity index (χ0n) is 12.8. The highest BCUT2D eigenvalue weighted by Crippen LogP contribution is 2.31. The Morgan fingerprint density at radius 2 is 1.86 bits per heavy atom. The average molecular weight is 305 g/mol. The summed E-state index contributed by atoms with van der Waals surface area (Å²) in [6.45, 7) is 8.60. The summed E-state index contributed by atoms with van der Waals surface area (Å²) in [6, 6.07) is 7.41. The number of rotatable bonds is 5. The van der Waals surface area contributed by atoms with Crippen LogP contribution in [0.3, 0.4) is 0 Å². The molecule has 21 heavy (non-hydrogen) atoms. The van der Waals surface area contributed by atoms with Gasteiger partial charge in [-0.05, 0) is 43.3 Å². The van der Waals surface area contributed by atoms with E-state index in [4.69, 9.17) is 0 Å². The van der Waals surface area contributed by atoms with Crippen molar-refractivity contribution in [3.05, 3.63) is 47.0 Å². The number of halogens is 1. The van der Waals surface area contributed by atoms with E-state index in [2.05, 4.69) is 29.1 Å². The molecule has 1 heterocycles. The Morgan fingerprint density at radius 1 is 1.19 bits per heavy atom. The molecule has 112 valence electrons. The monoisotopic (exact) mass is 305 g/mol. The zero-order valence-corrected chi connectivity index (χ0v) is 13.6. The van der Waals surface area contributed by atoms with Crippen LogP contribution in [0.1, 0.15) is 30.8 Å². The molecular weight excluding hydrogens is 285 g/mol. The molecule has 0 aliphatic rings. The number of hydrogen-bond acceptors (Lipinski definition) is 4. The standard InChI is InChI=1S/C16H20FN3S/c1-10(2)18-9-13-6-5-7-14(17)15(13)21-16-19-11(3)8-12(4)20-16/h5-8,10,18H,9H2,1-4H3. The van der Waals surface area contributed by atoms with E-state index in [1.54, 1.807) is 6.07 Å². The molecule has 0 aliphatic heterocycles. The van der Waals surface area contributed by atoms with E-state index in [9.17, 15) is 4.39 Å². The molecule has 3 nitrogen and oxygen atoms in total. The summed E-state index contributed by atoms with van der Waals surface area (Å²) in [5, 5.41) is 3.90. The quantitative estimate of drug-likeness (QED) is 0.851. The fourth-order valence-corrected chi connectivity index (χ4v) is 2.95. The topological polar surface area (TPSA) is 37.8 Å². The second kappa shape index (κ2) is 7.00. The van der Waals surface area contributed by atoms with Gasteiger partial charge < -0.3 is 5.32 Å². The molecule has 0 bridgehead atoms. The molecule has 0 atom stereocenters. The molecule has 5 heteroatoms. The van der Waals surface area contributed by atoms with Gasteiger partial charge in [-0.1, -0.05) is 26.0 Å². The molecule has 1 aromatic heterocycles. The lowest BCUT2D eigenvalue weighted by Crippen LogP contribution is -2.22. The van der Waals surface area contributed by atoms with Crippen LogP contribution in [0.4, 0.5) is 4.39 Å². The lowest BCUT2D eigenvalue weighted by Gasteiger charge is -2.13. The van der Waals surface area contributed by atoms with Crippen molar-refractivity contribution in [1.82, 2.24) is 15.3 Å². The minimum Gasteiger partial charge on any atom is -0.310 e. The number of aromatic nitrogens is 2. The summed E-state index contributed by atoms with van der Waals surface area (Å²) in [7, 11) is 0. The van der Waals surface area contributed by atoms with Gasteiger partial charge in [0.15, 0.2) is 5.16 Å². The zero-order chi connectivity index (χ0) is 15.4. The van der Waals surface area contributed by atoms with E-state index in [-0.39, 0.29) is 5.82 Å². The summed E-state index contributed by atoms with van der Waals surface area (Å²) in [6.07, 6.45) is 0. The average Bonchev–Trinajstić information content (AvgIpc) is 2.38. The maximum atomic E-state index is 14.2. The van der Waals surface area contributed by atoms with Gasteiger partial charge in [0, 0.05) is 24.0 Å². The van der Waals surface area contributed by atoms with Crippen molar-refractivity contribution in [2.45, 2.75) is 50.3 Å². The molecule has 2 rings (SSSR count). The van der Waals surface area contributed by atoms with Crippen molar-refractivity contribution in [2.24, 2.45) is 0 Å². The van der Waals surface area contributed by atoms with E-state index in [1.165, 1.54) is 17.8 Å². The van der Waals surface area contributed by atoms with Gasteiger partial charge in [-0.2, -0.15) is 0 Å². The first-order valence-electron chi connectivity index (χ1n) is 6.96. The lowest BCUT2D eigenvalue weighted by atomic mass is 10.2. The maximum absolute atomic E-state index is 14.2. The molecule has 0 saturated heterocycles. The van der Waals surface area contributed by atoms with Gasteiger partial charge in [-0.25, -0.2) is 14.4 Å². The van der Waals surface area contributed by atoms with Crippen LogP contribution >= 0.6 is 11.8 Å². The molecule has 1 N–H and O–H groups in total. The second-order valence-electron chi connectivity index (χ2n) is 5.30. The number of nitrogens with zero attached hydrogens (tertiary/aromatic N) is 2. The maximum Gasteiger partial charge on any atom is 0.192 e. The smallest absolute Gasteiger partial charge is 0.192 e. The van der Waals surface area contributed by atoms with Crippen LogP contribution in [-0.4, -0.2) is 16.0 Å². The normalized spacial score (nSPS) is 11.1. The summed E-state index contributed by atoms with van der Waals surface area (Å²) in [5.41, 5.74) is 2.71.